The fraction of sp³-hybridized carbons (Fsp3) is 0.476. The number of hydrogen-bond donors (Lipinski definition) is 0. The van der Waals surface area contributed by atoms with E-state index < -0.39 is 6.04 Å². The number of likely N-dealkylation sites (tertiary alicyclic amines) is 1. The largest absolute Gasteiger partial charge is 0.489 e. The third-order valence-electron chi connectivity index (χ3n) is 4.97. The Morgan fingerprint density at radius 1 is 1.29 bits per heavy atom. The highest BCUT2D eigenvalue weighted by Crippen LogP contribution is 2.23. The molecule has 7 nitrogen and oxygen atoms in total. The van der Waals surface area contributed by atoms with Crippen molar-refractivity contribution in [2.75, 3.05) is 13.2 Å². The van der Waals surface area contributed by atoms with Crippen LogP contribution in [-0.2, 0) is 16.1 Å². The lowest BCUT2D eigenvalue weighted by Gasteiger charge is -2.34. The van der Waals surface area contributed by atoms with E-state index in [1.165, 1.54) is 0 Å². The highest BCUT2D eigenvalue weighted by atomic mass is 16.5. The minimum Gasteiger partial charge on any atom is -0.489 e. The highest BCUT2D eigenvalue weighted by molar-refractivity contribution is 5.97. The zero-order valence-corrected chi connectivity index (χ0v) is 16.6. The molecule has 7 heteroatoms. The first-order chi connectivity index (χ1) is 13.5. The zero-order chi connectivity index (χ0) is 20.1. The maximum Gasteiger partial charge on any atom is 0.328 e. The summed E-state index contributed by atoms with van der Waals surface area (Å²) < 4.78 is 16.1. The van der Waals surface area contributed by atoms with Crippen molar-refractivity contribution in [3.05, 3.63) is 46.8 Å². The molecule has 0 spiro atoms. The van der Waals surface area contributed by atoms with Gasteiger partial charge in [0.2, 0.25) is 0 Å². The van der Waals surface area contributed by atoms with E-state index in [0.29, 0.717) is 37.5 Å². The van der Waals surface area contributed by atoms with Crippen LogP contribution in [0.5, 0.6) is 5.75 Å². The molecule has 1 aliphatic rings. The molecule has 1 atom stereocenters. The van der Waals surface area contributed by atoms with Gasteiger partial charge in [0.25, 0.3) is 5.91 Å². The van der Waals surface area contributed by atoms with Gasteiger partial charge in [-0.05, 0) is 58.2 Å². The number of piperidine rings is 1. The summed E-state index contributed by atoms with van der Waals surface area (Å²) in [6.45, 7) is 6.64. The Bertz CT molecular complexity index is 826. The molecule has 3 rings (SSSR count). The summed E-state index contributed by atoms with van der Waals surface area (Å²) in [6, 6.07) is 6.50. The molecule has 0 aliphatic carbocycles. The monoisotopic (exact) mass is 386 g/mol. The van der Waals surface area contributed by atoms with Crippen LogP contribution in [0.3, 0.4) is 0 Å². The Balaban J connectivity index is 1.73. The van der Waals surface area contributed by atoms with Gasteiger partial charge in [0.05, 0.1) is 17.9 Å². The molecule has 0 N–H and O–H groups in total. The molecule has 1 fully saturated rings. The predicted octanol–water partition coefficient (Wildman–Crippen LogP) is 3.43. The van der Waals surface area contributed by atoms with Crippen molar-refractivity contribution < 1.29 is 23.6 Å². The molecule has 1 saturated heterocycles. The minimum atomic E-state index is -0.520. The quantitative estimate of drug-likeness (QED) is 0.708. The number of esters is 1. The van der Waals surface area contributed by atoms with Crippen molar-refractivity contribution in [2.24, 2.45) is 0 Å². The molecule has 0 bridgehead atoms. The smallest absolute Gasteiger partial charge is 0.328 e. The van der Waals surface area contributed by atoms with Crippen LogP contribution >= 0.6 is 0 Å². The van der Waals surface area contributed by atoms with Crippen LogP contribution in [0, 0.1) is 13.8 Å². The summed E-state index contributed by atoms with van der Waals surface area (Å²) in [5.41, 5.74) is 2.18. The van der Waals surface area contributed by atoms with E-state index in [9.17, 15) is 9.59 Å². The lowest BCUT2D eigenvalue weighted by atomic mass is 10.0. The lowest BCUT2D eigenvalue weighted by molar-refractivity contribution is -0.149. The van der Waals surface area contributed by atoms with E-state index in [1.54, 1.807) is 36.1 Å². The van der Waals surface area contributed by atoms with Crippen molar-refractivity contribution >= 4 is 11.9 Å². The second-order valence-corrected chi connectivity index (χ2v) is 6.88. The first kappa shape index (κ1) is 19.9. The number of nitrogens with zero attached hydrogens (tertiary/aromatic N) is 2. The van der Waals surface area contributed by atoms with Gasteiger partial charge in [0, 0.05) is 12.1 Å². The number of ether oxygens (including phenoxy) is 2. The Kier molecular flexibility index (Phi) is 6.34. The molecular weight excluding hydrogens is 360 g/mol. The van der Waals surface area contributed by atoms with Crippen LogP contribution in [-0.4, -0.2) is 41.1 Å². The van der Waals surface area contributed by atoms with Gasteiger partial charge in [0.15, 0.2) is 0 Å². The van der Waals surface area contributed by atoms with E-state index >= 15 is 0 Å². The molecule has 1 aromatic heterocycles. The van der Waals surface area contributed by atoms with Gasteiger partial charge in [-0.3, -0.25) is 4.79 Å². The van der Waals surface area contributed by atoms with Crippen LogP contribution in [0.15, 0.2) is 28.8 Å². The summed E-state index contributed by atoms with van der Waals surface area (Å²) in [5.74, 6) is 0.785. The number of hydrogen-bond acceptors (Lipinski definition) is 6. The van der Waals surface area contributed by atoms with Gasteiger partial charge >= 0.3 is 5.97 Å². The summed E-state index contributed by atoms with van der Waals surface area (Å²) in [7, 11) is 0. The van der Waals surface area contributed by atoms with Crippen molar-refractivity contribution in [2.45, 2.75) is 52.7 Å². The van der Waals surface area contributed by atoms with Crippen LogP contribution in [0.4, 0.5) is 0 Å². The molecule has 150 valence electrons. The number of aryl methyl sites for hydroxylation is 2. The first-order valence-corrected chi connectivity index (χ1v) is 9.63. The molecule has 28 heavy (non-hydrogen) atoms. The van der Waals surface area contributed by atoms with Crippen LogP contribution in [0.25, 0.3) is 0 Å². The van der Waals surface area contributed by atoms with E-state index in [0.717, 1.165) is 29.9 Å². The fourth-order valence-electron chi connectivity index (χ4n) is 3.41. The van der Waals surface area contributed by atoms with E-state index in [2.05, 4.69) is 5.16 Å². The molecular formula is C21H26N2O5. The normalized spacial score (nSPS) is 16.7. The lowest BCUT2D eigenvalue weighted by Crippen LogP contribution is -2.48. The summed E-state index contributed by atoms with van der Waals surface area (Å²) in [6.07, 6.45) is 2.42. The fourth-order valence-corrected chi connectivity index (χ4v) is 3.41. The number of rotatable bonds is 6. The average molecular weight is 386 g/mol. The highest BCUT2D eigenvalue weighted by Gasteiger charge is 2.33. The Labute approximate surface area is 164 Å². The molecule has 0 radical (unpaired) electrons. The number of carbonyl (C=O) groups is 2. The van der Waals surface area contributed by atoms with E-state index in [1.807, 2.05) is 13.8 Å². The molecule has 1 unspecified atom stereocenters. The van der Waals surface area contributed by atoms with E-state index in [-0.39, 0.29) is 11.9 Å². The van der Waals surface area contributed by atoms with Gasteiger partial charge in [-0.1, -0.05) is 11.2 Å². The number of carbonyl (C=O) groups excluding carboxylic acids is 2. The average Bonchev–Trinajstić information content (AvgIpc) is 3.03. The molecule has 2 aromatic rings. The van der Waals surface area contributed by atoms with Gasteiger partial charge in [-0.15, -0.1) is 0 Å². The standard InChI is InChI=1S/C21H26N2O5/c1-4-26-21(25)19-10-5-6-11-23(19)20(24)16-8-7-9-17(12-16)27-13-18-14(2)22-28-15(18)3/h7-9,12,19H,4-6,10-11,13H2,1-3H3. The number of benzene rings is 1. The van der Waals surface area contributed by atoms with Crippen LogP contribution in [0.1, 0.15) is 53.6 Å². The maximum absolute atomic E-state index is 13.0. The van der Waals surface area contributed by atoms with Crippen LogP contribution < -0.4 is 4.74 Å². The minimum absolute atomic E-state index is 0.180. The Morgan fingerprint density at radius 3 is 2.82 bits per heavy atom. The second kappa shape index (κ2) is 8.91. The topological polar surface area (TPSA) is 81.9 Å². The SMILES string of the molecule is CCOC(=O)C1CCCCN1C(=O)c1cccc(OCc2c(C)noc2C)c1. The third kappa shape index (κ3) is 4.35. The zero-order valence-electron chi connectivity index (χ0n) is 16.6. The molecule has 1 aliphatic heterocycles. The molecule has 2 heterocycles. The van der Waals surface area contributed by atoms with Crippen molar-refractivity contribution in [3.8, 4) is 5.75 Å². The summed E-state index contributed by atoms with van der Waals surface area (Å²) in [4.78, 5) is 26.9. The third-order valence-corrected chi connectivity index (χ3v) is 4.97. The van der Waals surface area contributed by atoms with Gasteiger partial charge < -0.3 is 18.9 Å². The van der Waals surface area contributed by atoms with Crippen LogP contribution in [0.2, 0.25) is 0 Å². The first-order valence-electron chi connectivity index (χ1n) is 9.63. The van der Waals surface area contributed by atoms with Crippen molar-refractivity contribution in [1.82, 2.24) is 10.1 Å². The Morgan fingerprint density at radius 2 is 2.11 bits per heavy atom. The van der Waals surface area contributed by atoms with Gasteiger partial charge in [-0.2, -0.15) is 0 Å². The van der Waals surface area contributed by atoms with Crippen molar-refractivity contribution in [1.29, 1.82) is 0 Å². The number of aromatic nitrogens is 1. The van der Waals surface area contributed by atoms with Gasteiger partial charge in [-0.25, -0.2) is 4.79 Å². The molecule has 1 amide bonds. The molecule has 0 saturated carbocycles. The summed E-state index contributed by atoms with van der Waals surface area (Å²) >= 11 is 0. The van der Waals surface area contributed by atoms with Gasteiger partial charge in [0.1, 0.15) is 24.2 Å². The van der Waals surface area contributed by atoms with Crippen molar-refractivity contribution in [3.63, 3.8) is 0 Å². The second-order valence-electron chi connectivity index (χ2n) is 6.88. The maximum atomic E-state index is 13.0. The molecule has 1 aromatic carbocycles. The number of amides is 1. The van der Waals surface area contributed by atoms with E-state index in [4.69, 9.17) is 14.0 Å². The Hall–Kier alpha value is -2.83. The predicted molar refractivity (Wildman–Crippen MR) is 102 cm³/mol. The summed E-state index contributed by atoms with van der Waals surface area (Å²) in [5, 5.41) is 3.92.